The molecular formula is C53H41BN3. The van der Waals surface area contributed by atoms with Crippen molar-refractivity contribution in [2.45, 2.75) is 45.4 Å². The fourth-order valence-electron chi connectivity index (χ4n) is 10.3. The Kier molecular flexibility index (Phi) is 6.48. The van der Waals surface area contributed by atoms with Crippen LogP contribution >= 0.6 is 0 Å². The quantitative estimate of drug-likeness (QED) is 0.179. The number of aromatic nitrogens is 2. The Balaban J connectivity index is 1.27. The molecule has 8 aromatic carbocycles. The minimum absolute atomic E-state index is 0.0884. The third-order valence-electron chi connectivity index (χ3n) is 13.0. The highest BCUT2D eigenvalue weighted by Gasteiger charge is 2.40. The molecule has 0 fully saturated rings. The number of anilines is 2. The molecule has 1 radical (unpaired) electrons. The van der Waals surface area contributed by atoms with E-state index >= 15 is 0 Å². The van der Waals surface area contributed by atoms with Crippen molar-refractivity contribution < 1.29 is 0 Å². The number of hydrogen-bond acceptors (Lipinski definition) is 1. The maximum absolute atomic E-state index is 3.87. The van der Waals surface area contributed by atoms with Crippen LogP contribution < -0.4 is 16.2 Å². The third-order valence-corrected chi connectivity index (χ3v) is 13.0. The number of fused-ring (bicyclic) bond motifs is 6. The van der Waals surface area contributed by atoms with E-state index in [1.165, 1.54) is 105 Å². The van der Waals surface area contributed by atoms with Crippen LogP contribution in [0.1, 0.15) is 51.3 Å². The summed E-state index contributed by atoms with van der Waals surface area (Å²) in [5.41, 5.74) is 18.6. The molecule has 4 heteroatoms. The van der Waals surface area contributed by atoms with E-state index in [0.717, 1.165) is 11.4 Å². The highest BCUT2D eigenvalue weighted by molar-refractivity contribution is 6.74. The molecule has 0 atom stereocenters. The lowest BCUT2D eigenvalue weighted by molar-refractivity contribution is 0.590. The van der Waals surface area contributed by atoms with E-state index in [-0.39, 0.29) is 10.8 Å². The lowest BCUT2D eigenvalue weighted by atomic mass is 9.57. The average Bonchev–Trinajstić information content (AvgIpc) is 3.76. The number of benzene rings is 8. The molecular weight excluding hydrogens is 689 g/mol. The van der Waals surface area contributed by atoms with Gasteiger partial charge in [0.2, 0.25) is 0 Å². The molecule has 2 aliphatic rings. The van der Waals surface area contributed by atoms with Gasteiger partial charge in [-0.05, 0) is 86.4 Å². The van der Waals surface area contributed by atoms with Gasteiger partial charge in [0, 0.05) is 49.6 Å². The minimum atomic E-state index is -0.196. The van der Waals surface area contributed by atoms with Crippen LogP contribution in [0.15, 0.2) is 152 Å². The Morgan fingerprint density at radius 1 is 0.561 bits per heavy atom. The molecule has 0 saturated carbocycles. The van der Waals surface area contributed by atoms with Crippen LogP contribution in [-0.4, -0.2) is 16.4 Å². The lowest BCUT2D eigenvalue weighted by Gasteiger charge is -2.38. The molecule has 0 spiro atoms. The molecule has 0 aliphatic carbocycles. The SMILES string of the molecule is CC(C)(C)c1ccc(Nc2ccccc2-c2cc(-n3c4ccccc4c4ccccc43)c3c4c5ccccc5cc5c4n4c3c2[B]c2cccc(c2-4)C5(C)C)cc1. The van der Waals surface area contributed by atoms with E-state index in [0.29, 0.717) is 0 Å². The molecule has 3 nitrogen and oxygen atoms in total. The van der Waals surface area contributed by atoms with Crippen LogP contribution in [-0.2, 0) is 10.8 Å². The molecule has 0 saturated heterocycles. The average molecular weight is 731 g/mol. The largest absolute Gasteiger partial charge is 0.355 e. The summed E-state index contributed by atoms with van der Waals surface area (Å²) in [4.78, 5) is 0. The molecule has 1 N–H and O–H groups in total. The van der Waals surface area contributed by atoms with Crippen LogP contribution in [0, 0.1) is 0 Å². The van der Waals surface area contributed by atoms with Crippen molar-refractivity contribution in [2.24, 2.45) is 0 Å². The number of para-hydroxylation sites is 4. The topological polar surface area (TPSA) is 21.9 Å². The Bertz CT molecular complexity index is 3300. The molecule has 2 aromatic heterocycles. The predicted molar refractivity (Wildman–Crippen MR) is 244 cm³/mol. The van der Waals surface area contributed by atoms with Gasteiger partial charge in [0.25, 0.3) is 0 Å². The van der Waals surface area contributed by atoms with Crippen LogP contribution in [0.5, 0.6) is 0 Å². The van der Waals surface area contributed by atoms with Crippen LogP contribution in [0.2, 0.25) is 0 Å². The molecule has 2 aliphatic heterocycles. The van der Waals surface area contributed by atoms with E-state index in [4.69, 9.17) is 0 Å². The van der Waals surface area contributed by atoms with E-state index < -0.39 is 0 Å². The normalized spacial score (nSPS) is 14.0. The molecule has 12 rings (SSSR count). The van der Waals surface area contributed by atoms with Crippen LogP contribution in [0.4, 0.5) is 11.4 Å². The number of nitrogens with zero attached hydrogens (tertiary/aromatic N) is 2. The van der Waals surface area contributed by atoms with Gasteiger partial charge < -0.3 is 14.5 Å². The zero-order valence-corrected chi connectivity index (χ0v) is 32.9. The zero-order chi connectivity index (χ0) is 38.4. The molecule has 0 unspecified atom stereocenters. The molecule has 0 bridgehead atoms. The zero-order valence-electron chi connectivity index (χ0n) is 32.9. The molecule has 10 aromatic rings. The second-order valence-corrected chi connectivity index (χ2v) is 17.7. The van der Waals surface area contributed by atoms with Crippen LogP contribution in [0.3, 0.4) is 0 Å². The minimum Gasteiger partial charge on any atom is -0.355 e. The van der Waals surface area contributed by atoms with Gasteiger partial charge in [0.15, 0.2) is 7.28 Å². The second kappa shape index (κ2) is 11.3. The molecule has 4 heterocycles. The predicted octanol–water partition coefficient (Wildman–Crippen LogP) is 12.3. The fourth-order valence-corrected chi connectivity index (χ4v) is 10.3. The third kappa shape index (κ3) is 4.39. The van der Waals surface area contributed by atoms with Crippen LogP contribution in [0.25, 0.3) is 76.9 Å². The first-order chi connectivity index (χ1) is 27.7. The summed E-state index contributed by atoms with van der Waals surface area (Å²) >= 11 is 0. The number of nitrogens with one attached hydrogen (secondary N) is 1. The summed E-state index contributed by atoms with van der Waals surface area (Å²) in [5, 5.41) is 11.6. The Morgan fingerprint density at radius 2 is 1.23 bits per heavy atom. The first-order valence-electron chi connectivity index (χ1n) is 20.2. The van der Waals surface area contributed by atoms with Gasteiger partial charge in [-0.15, -0.1) is 0 Å². The molecule has 57 heavy (non-hydrogen) atoms. The standard InChI is InChI=1S/C53H41BN3/c1-52(2,3)32-25-27-33(28-26-32)55-42-22-11-8-17-35(42)38-30-45(56-43-23-12-9-18-36(43)37-19-10-13-24-44(37)56)47-46-34-16-7-6-15-31(34)29-40-50(46)57-49-39(53(40,4)5)20-14-21-41(49)54-48(38)51(47)57/h6-30,55H,1-5H3. The van der Waals surface area contributed by atoms with Gasteiger partial charge in [0.05, 0.1) is 27.8 Å². The van der Waals surface area contributed by atoms with Crippen molar-refractivity contribution in [3.05, 3.63) is 168 Å². The summed E-state index contributed by atoms with van der Waals surface area (Å²) in [6, 6.07) is 56.6. The Morgan fingerprint density at radius 3 is 1.96 bits per heavy atom. The maximum atomic E-state index is 3.87. The fraction of sp³-hybridized carbons (Fsp3) is 0.132. The van der Waals surface area contributed by atoms with E-state index in [2.05, 4.69) is 208 Å². The van der Waals surface area contributed by atoms with Crippen molar-refractivity contribution in [2.75, 3.05) is 5.32 Å². The van der Waals surface area contributed by atoms with Gasteiger partial charge in [-0.2, -0.15) is 0 Å². The highest BCUT2D eigenvalue weighted by atomic mass is 15.0. The summed E-state index contributed by atoms with van der Waals surface area (Å²) in [6.45, 7) is 11.6. The number of hydrogen-bond donors (Lipinski definition) is 1. The van der Waals surface area contributed by atoms with E-state index in [1.54, 1.807) is 0 Å². The van der Waals surface area contributed by atoms with Gasteiger partial charge in [-0.1, -0.05) is 149 Å². The van der Waals surface area contributed by atoms with Crippen molar-refractivity contribution in [1.82, 2.24) is 9.13 Å². The van der Waals surface area contributed by atoms with Gasteiger partial charge in [-0.3, -0.25) is 0 Å². The van der Waals surface area contributed by atoms with Gasteiger partial charge in [0.1, 0.15) is 0 Å². The summed E-state index contributed by atoms with van der Waals surface area (Å²) < 4.78 is 5.20. The van der Waals surface area contributed by atoms with Gasteiger partial charge >= 0.3 is 0 Å². The highest BCUT2D eigenvalue weighted by Crippen LogP contribution is 2.52. The summed E-state index contributed by atoms with van der Waals surface area (Å²) in [6.07, 6.45) is 0. The van der Waals surface area contributed by atoms with E-state index in [1.807, 2.05) is 0 Å². The van der Waals surface area contributed by atoms with Crippen molar-refractivity contribution >= 4 is 84.0 Å². The van der Waals surface area contributed by atoms with E-state index in [9.17, 15) is 0 Å². The van der Waals surface area contributed by atoms with Crippen molar-refractivity contribution in [3.63, 3.8) is 0 Å². The van der Waals surface area contributed by atoms with Gasteiger partial charge in [-0.25, -0.2) is 0 Å². The number of rotatable bonds is 4. The summed E-state index contributed by atoms with van der Waals surface area (Å²) in [7, 11) is 2.48. The van der Waals surface area contributed by atoms with Crippen molar-refractivity contribution in [3.8, 4) is 22.5 Å². The Hall–Kier alpha value is -6.52. The second-order valence-electron chi connectivity index (χ2n) is 17.7. The van der Waals surface area contributed by atoms with Crippen molar-refractivity contribution in [1.29, 1.82) is 0 Å². The molecule has 271 valence electrons. The monoisotopic (exact) mass is 730 g/mol. The first-order valence-corrected chi connectivity index (χ1v) is 20.2. The molecule has 0 amide bonds. The Labute approximate surface area is 333 Å². The lowest BCUT2D eigenvalue weighted by Crippen LogP contribution is -2.41. The first kappa shape index (κ1) is 32.7. The smallest absolute Gasteiger partial charge is 0.197 e. The maximum Gasteiger partial charge on any atom is 0.197 e. The summed E-state index contributed by atoms with van der Waals surface area (Å²) in [5.74, 6) is 0.